The van der Waals surface area contributed by atoms with Crippen molar-refractivity contribution in [2.75, 3.05) is 0 Å². The van der Waals surface area contributed by atoms with Crippen LogP contribution in [0.4, 0.5) is 0 Å². The topological polar surface area (TPSA) is 81.6 Å². The molecule has 0 aromatic carbocycles. The second-order valence-electron chi connectivity index (χ2n) is 6.13. The molecule has 0 saturated heterocycles. The SMILES string of the molecule is c1ccn2n[n+](-c3ccc4nc(-c5cn6ccnc6cn5)cn4c3)nc2c1. The molecule has 0 spiro atoms. The quantitative estimate of drug-likeness (QED) is 0.439. The minimum atomic E-state index is 0.779. The van der Waals surface area contributed by atoms with Crippen LogP contribution >= 0.6 is 0 Å². The Bertz CT molecular complexity index is 1410. The Balaban J connectivity index is 1.46. The van der Waals surface area contributed by atoms with Crippen LogP contribution in [-0.4, -0.2) is 38.6 Å². The lowest BCUT2D eigenvalue weighted by Crippen LogP contribution is -2.36. The molecule has 0 bridgehead atoms. The Kier molecular flexibility index (Phi) is 2.70. The highest BCUT2D eigenvalue weighted by molar-refractivity contribution is 5.59. The molecule has 0 fully saturated rings. The maximum Gasteiger partial charge on any atom is 0.288 e. The van der Waals surface area contributed by atoms with Crippen LogP contribution in [0.25, 0.3) is 34.0 Å². The number of pyridine rings is 2. The van der Waals surface area contributed by atoms with Gasteiger partial charge in [0.2, 0.25) is 0 Å². The third-order valence-corrected chi connectivity index (χ3v) is 4.40. The van der Waals surface area contributed by atoms with Gasteiger partial charge in [0.25, 0.3) is 5.65 Å². The molecule has 0 N–H and O–H groups in total. The summed E-state index contributed by atoms with van der Waals surface area (Å²) >= 11 is 0. The van der Waals surface area contributed by atoms with Crippen molar-refractivity contribution in [3.8, 4) is 17.1 Å². The van der Waals surface area contributed by atoms with Crippen LogP contribution in [0.5, 0.6) is 0 Å². The third-order valence-electron chi connectivity index (χ3n) is 4.40. The summed E-state index contributed by atoms with van der Waals surface area (Å²) in [6.07, 6.45) is 13.0. The van der Waals surface area contributed by atoms with Gasteiger partial charge in [-0.2, -0.15) is 0 Å². The molecule has 0 atom stereocenters. The molecular weight excluding hydrogens is 342 g/mol. The molecule has 0 radical (unpaired) electrons. The van der Waals surface area contributed by atoms with E-state index < -0.39 is 0 Å². The van der Waals surface area contributed by atoms with Crippen LogP contribution in [0.3, 0.4) is 0 Å². The van der Waals surface area contributed by atoms with Gasteiger partial charge >= 0.3 is 0 Å². The Morgan fingerprint density at radius 2 is 1.74 bits per heavy atom. The summed E-state index contributed by atoms with van der Waals surface area (Å²) in [5.41, 5.74) is 4.82. The first-order chi connectivity index (χ1) is 13.3. The summed E-state index contributed by atoms with van der Waals surface area (Å²) in [6.45, 7) is 0. The number of imidazole rings is 2. The Morgan fingerprint density at radius 1 is 0.778 bits per heavy atom. The van der Waals surface area contributed by atoms with Crippen molar-refractivity contribution in [3.63, 3.8) is 0 Å². The molecule has 0 amide bonds. The van der Waals surface area contributed by atoms with Crippen molar-refractivity contribution < 1.29 is 4.80 Å². The van der Waals surface area contributed by atoms with Gasteiger partial charge in [0.05, 0.1) is 12.4 Å². The number of hydrogen-bond acceptors (Lipinski definition) is 5. The van der Waals surface area contributed by atoms with Gasteiger partial charge < -0.3 is 8.80 Å². The molecule has 6 aromatic rings. The van der Waals surface area contributed by atoms with Crippen molar-refractivity contribution in [3.05, 3.63) is 73.7 Å². The van der Waals surface area contributed by atoms with Gasteiger partial charge in [0.15, 0.2) is 11.3 Å². The molecule has 9 heteroatoms. The van der Waals surface area contributed by atoms with E-state index in [4.69, 9.17) is 0 Å². The number of rotatable bonds is 2. The zero-order chi connectivity index (χ0) is 17.8. The third kappa shape index (κ3) is 2.18. The van der Waals surface area contributed by atoms with E-state index in [0.717, 1.165) is 34.0 Å². The molecule has 0 unspecified atom stereocenters. The van der Waals surface area contributed by atoms with Crippen molar-refractivity contribution in [1.29, 1.82) is 0 Å². The van der Waals surface area contributed by atoms with E-state index in [1.165, 1.54) is 0 Å². The van der Waals surface area contributed by atoms with Gasteiger partial charge in [0.1, 0.15) is 28.4 Å². The van der Waals surface area contributed by atoms with Gasteiger partial charge in [-0.05, 0) is 23.3 Å². The maximum atomic E-state index is 4.66. The lowest BCUT2D eigenvalue weighted by molar-refractivity contribution is -0.716. The zero-order valence-corrected chi connectivity index (χ0v) is 14.0. The second kappa shape index (κ2) is 5.18. The van der Waals surface area contributed by atoms with Crippen LogP contribution in [0.15, 0.2) is 73.7 Å². The number of fused-ring (bicyclic) bond motifs is 3. The van der Waals surface area contributed by atoms with Crippen molar-refractivity contribution in [2.24, 2.45) is 0 Å². The normalized spacial score (nSPS) is 11.7. The van der Waals surface area contributed by atoms with Gasteiger partial charge in [-0.15, -0.1) is 0 Å². The lowest BCUT2D eigenvalue weighted by atomic mass is 10.3. The summed E-state index contributed by atoms with van der Waals surface area (Å²) in [6, 6.07) is 9.64. The zero-order valence-electron chi connectivity index (χ0n) is 14.0. The van der Waals surface area contributed by atoms with Gasteiger partial charge in [-0.25, -0.2) is 15.0 Å². The monoisotopic (exact) mass is 354 g/mol. The highest BCUT2D eigenvalue weighted by Gasteiger charge is 2.14. The number of tetrazole rings is 1. The largest absolute Gasteiger partial charge is 0.304 e. The highest BCUT2D eigenvalue weighted by Crippen LogP contribution is 2.18. The van der Waals surface area contributed by atoms with Crippen LogP contribution in [0.1, 0.15) is 0 Å². The minimum absolute atomic E-state index is 0.779. The molecule has 0 aliphatic rings. The van der Waals surface area contributed by atoms with Crippen molar-refractivity contribution in [1.82, 2.24) is 38.6 Å². The Labute approximate surface area is 151 Å². The van der Waals surface area contributed by atoms with Crippen LogP contribution in [-0.2, 0) is 0 Å². The molecular formula is C18H12N9+. The summed E-state index contributed by atoms with van der Waals surface area (Å²) in [7, 11) is 0. The average Bonchev–Trinajstić information content (AvgIpc) is 3.42. The molecule has 0 saturated carbocycles. The predicted octanol–water partition coefficient (Wildman–Crippen LogP) is 1.36. The van der Waals surface area contributed by atoms with Gasteiger partial charge in [-0.3, -0.25) is 0 Å². The first kappa shape index (κ1) is 14.1. The van der Waals surface area contributed by atoms with Crippen molar-refractivity contribution in [2.45, 2.75) is 0 Å². The summed E-state index contributed by atoms with van der Waals surface area (Å²) < 4.78 is 5.60. The van der Waals surface area contributed by atoms with Gasteiger partial charge in [0, 0.05) is 35.7 Å². The van der Waals surface area contributed by atoms with E-state index in [2.05, 4.69) is 25.3 Å². The minimum Gasteiger partial charge on any atom is -0.304 e. The Hall–Kier alpha value is -4.14. The van der Waals surface area contributed by atoms with E-state index in [0.29, 0.717) is 0 Å². The smallest absolute Gasteiger partial charge is 0.288 e. The lowest BCUT2D eigenvalue weighted by Gasteiger charge is -1.96. The summed E-state index contributed by atoms with van der Waals surface area (Å²) in [5.74, 6) is 0. The van der Waals surface area contributed by atoms with Crippen LogP contribution < -0.4 is 4.80 Å². The van der Waals surface area contributed by atoms with E-state index >= 15 is 0 Å². The number of aromatic nitrogens is 9. The van der Waals surface area contributed by atoms with Crippen LogP contribution in [0.2, 0.25) is 0 Å². The highest BCUT2D eigenvalue weighted by atomic mass is 15.6. The van der Waals surface area contributed by atoms with E-state index in [-0.39, 0.29) is 0 Å². The molecule has 27 heavy (non-hydrogen) atoms. The Morgan fingerprint density at radius 3 is 2.70 bits per heavy atom. The average molecular weight is 354 g/mol. The molecule has 9 nitrogen and oxygen atoms in total. The number of nitrogens with zero attached hydrogens (tertiary/aromatic N) is 9. The second-order valence-corrected chi connectivity index (χ2v) is 6.13. The molecule has 6 aromatic heterocycles. The summed E-state index contributed by atoms with van der Waals surface area (Å²) in [4.78, 5) is 14.9. The molecule has 0 aliphatic carbocycles. The van der Waals surface area contributed by atoms with Crippen molar-refractivity contribution >= 4 is 16.9 Å². The summed E-state index contributed by atoms with van der Waals surface area (Å²) in [5, 5.41) is 8.94. The molecule has 6 rings (SSSR count). The fourth-order valence-corrected chi connectivity index (χ4v) is 3.08. The van der Waals surface area contributed by atoms with Gasteiger partial charge in [-0.1, -0.05) is 10.6 Å². The standard InChI is InChI=1S/C18H12N9/c1-2-7-26-17(3-1)22-27(23-26)13-4-5-16-21-15(12-25(16)10-13)14-11-24-8-6-19-18(24)9-20-14/h1-12H/q+1. The molecule has 128 valence electrons. The fraction of sp³-hybridized carbons (Fsp3) is 0. The fourth-order valence-electron chi connectivity index (χ4n) is 3.08. The first-order valence-electron chi connectivity index (χ1n) is 8.36. The van der Waals surface area contributed by atoms with Crippen LogP contribution in [0, 0.1) is 0 Å². The molecule has 6 heterocycles. The predicted molar refractivity (Wildman–Crippen MR) is 95.3 cm³/mol. The van der Waals surface area contributed by atoms with E-state index in [1.54, 1.807) is 21.7 Å². The number of hydrogen-bond donors (Lipinski definition) is 0. The van der Waals surface area contributed by atoms with E-state index in [9.17, 15) is 0 Å². The maximum absolute atomic E-state index is 4.66. The first-order valence-corrected chi connectivity index (χ1v) is 8.36. The van der Waals surface area contributed by atoms with E-state index in [1.807, 2.05) is 70.1 Å². The molecule has 0 aliphatic heterocycles.